The quantitative estimate of drug-likeness (QED) is 0.924. The molecular formula is C16H27N3O2S. The van der Waals surface area contributed by atoms with Crippen molar-refractivity contribution in [1.29, 1.82) is 0 Å². The number of nitrogens with zero attached hydrogens (tertiary/aromatic N) is 2. The Morgan fingerprint density at radius 3 is 2.95 bits per heavy atom. The molecule has 1 N–H and O–H groups in total. The van der Waals surface area contributed by atoms with Crippen LogP contribution >= 0.6 is 11.3 Å². The zero-order valence-corrected chi connectivity index (χ0v) is 14.8. The Morgan fingerprint density at radius 2 is 2.32 bits per heavy atom. The molecule has 0 bridgehead atoms. The molecule has 0 aliphatic carbocycles. The molecule has 1 atom stereocenters. The molecule has 1 aromatic rings. The van der Waals surface area contributed by atoms with Crippen molar-refractivity contribution in [3.8, 4) is 0 Å². The molecule has 1 unspecified atom stereocenters. The molecule has 1 aromatic heterocycles. The third-order valence-corrected chi connectivity index (χ3v) is 4.51. The molecule has 0 saturated carbocycles. The van der Waals surface area contributed by atoms with Gasteiger partial charge in [0.2, 0.25) is 0 Å². The highest BCUT2D eigenvalue weighted by molar-refractivity contribution is 7.09. The molecule has 22 heavy (non-hydrogen) atoms. The minimum atomic E-state index is -0.426. The molecule has 0 spiro atoms. The van der Waals surface area contributed by atoms with E-state index in [1.54, 1.807) is 11.3 Å². The molecule has 2 heterocycles. The summed E-state index contributed by atoms with van der Waals surface area (Å²) in [5, 5.41) is 6.66. The van der Waals surface area contributed by atoms with Crippen LogP contribution in [0, 0.1) is 12.8 Å². The van der Waals surface area contributed by atoms with E-state index < -0.39 is 5.60 Å². The Labute approximate surface area is 137 Å². The number of ether oxygens (including phenoxy) is 1. The van der Waals surface area contributed by atoms with Gasteiger partial charge in [0.15, 0.2) is 0 Å². The van der Waals surface area contributed by atoms with Gasteiger partial charge in [-0.1, -0.05) is 0 Å². The van der Waals surface area contributed by atoms with Crippen molar-refractivity contribution in [2.24, 2.45) is 5.92 Å². The number of rotatable bonds is 4. The molecule has 1 aliphatic heterocycles. The highest BCUT2D eigenvalue weighted by Crippen LogP contribution is 2.19. The second-order valence-electron chi connectivity index (χ2n) is 6.95. The summed E-state index contributed by atoms with van der Waals surface area (Å²) < 4.78 is 5.46. The number of hydrogen-bond acceptors (Lipinski definition) is 5. The van der Waals surface area contributed by atoms with E-state index in [1.165, 1.54) is 0 Å². The first-order valence-corrected chi connectivity index (χ1v) is 8.81. The van der Waals surface area contributed by atoms with Crippen LogP contribution in [0.5, 0.6) is 0 Å². The lowest BCUT2D eigenvalue weighted by Crippen LogP contribution is -2.44. The number of thiazole rings is 1. The zero-order valence-electron chi connectivity index (χ0n) is 14.0. The van der Waals surface area contributed by atoms with Gasteiger partial charge >= 0.3 is 6.09 Å². The van der Waals surface area contributed by atoms with E-state index in [9.17, 15) is 4.79 Å². The number of carbonyl (C=O) groups is 1. The smallest absolute Gasteiger partial charge is 0.410 e. The predicted octanol–water partition coefficient (Wildman–Crippen LogP) is 3.19. The number of piperidine rings is 1. The number of amides is 1. The predicted molar refractivity (Wildman–Crippen MR) is 89.1 cm³/mol. The van der Waals surface area contributed by atoms with Crippen molar-refractivity contribution in [2.45, 2.75) is 52.7 Å². The summed E-state index contributed by atoms with van der Waals surface area (Å²) in [7, 11) is 0. The second-order valence-corrected chi connectivity index (χ2v) is 7.89. The first-order chi connectivity index (χ1) is 10.3. The van der Waals surface area contributed by atoms with E-state index >= 15 is 0 Å². The lowest BCUT2D eigenvalue weighted by Gasteiger charge is -2.34. The molecule has 2 rings (SSSR count). The van der Waals surface area contributed by atoms with Crippen LogP contribution < -0.4 is 5.32 Å². The fourth-order valence-corrected chi connectivity index (χ4v) is 3.33. The molecule has 1 aliphatic rings. The summed E-state index contributed by atoms with van der Waals surface area (Å²) in [6.45, 7) is 11.0. The van der Waals surface area contributed by atoms with Gasteiger partial charge in [0.25, 0.3) is 0 Å². The summed E-state index contributed by atoms with van der Waals surface area (Å²) in [4.78, 5) is 18.4. The van der Waals surface area contributed by atoms with Gasteiger partial charge in [0, 0.05) is 37.3 Å². The number of aromatic nitrogens is 1. The summed E-state index contributed by atoms with van der Waals surface area (Å²) in [6.07, 6.45) is 2.01. The van der Waals surface area contributed by atoms with Crippen LogP contribution in [0.3, 0.4) is 0 Å². The highest BCUT2D eigenvalue weighted by atomic mass is 32.1. The van der Waals surface area contributed by atoms with Crippen molar-refractivity contribution in [3.63, 3.8) is 0 Å². The lowest BCUT2D eigenvalue weighted by atomic mass is 9.98. The summed E-state index contributed by atoms with van der Waals surface area (Å²) in [6, 6.07) is 0. The first kappa shape index (κ1) is 17.2. The Kier molecular flexibility index (Phi) is 5.81. The third kappa shape index (κ3) is 5.57. The van der Waals surface area contributed by atoms with E-state index in [-0.39, 0.29) is 6.09 Å². The van der Waals surface area contributed by atoms with Crippen LogP contribution in [0.4, 0.5) is 4.79 Å². The fraction of sp³-hybridized carbons (Fsp3) is 0.750. The maximum absolute atomic E-state index is 12.1. The molecule has 1 fully saturated rings. The Bertz CT molecular complexity index is 496. The maximum atomic E-state index is 12.1. The number of hydrogen-bond donors (Lipinski definition) is 1. The number of aryl methyl sites for hydroxylation is 1. The molecule has 1 amide bonds. The van der Waals surface area contributed by atoms with Gasteiger partial charge in [0.05, 0.1) is 0 Å². The fourth-order valence-electron chi connectivity index (χ4n) is 2.59. The van der Waals surface area contributed by atoms with Crippen molar-refractivity contribution in [2.75, 3.05) is 19.6 Å². The van der Waals surface area contributed by atoms with Crippen molar-refractivity contribution in [1.82, 2.24) is 15.2 Å². The van der Waals surface area contributed by atoms with E-state index in [0.29, 0.717) is 5.92 Å². The molecule has 0 radical (unpaired) electrons. The summed E-state index contributed by atoms with van der Waals surface area (Å²) in [5.41, 5.74) is 0.654. The van der Waals surface area contributed by atoms with Crippen LogP contribution in [0.1, 0.15) is 44.3 Å². The monoisotopic (exact) mass is 325 g/mol. The average Bonchev–Trinajstić information content (AvgIpc) is 2.83. The first-order valence-electron chi connectivity index (χ1n) is 7.93. The minimum absolute atomic E-state index is 0.187. The van der Waals surface area contributed by atoms with Crippen molar-refractivity contribution < 1.29 is 9.53 Å². The van der Waals surface area contributed by atoms with Crippen molar-refractivity contribution >= 4 is 17.4 Å². The van der Waals surface area contributed by atoms with Gasteiger partial charge in [-0.25, -0.2) is 9.78 Å². The van der Waals surface area contributed by atoms with Gasteiger partial charge in [-0.15, -0.1) is 11.3 Å². The Balaban J connectivity index is 1.74. The van der Waals surface area contributed by atoms with E-state index in [4.69, 9.17) is 4.74 Å². The molecule has 1 saturated heterocycles. The van der Waals surface area contributed by atoms with Gasteiger partial charge in [-0.3, -0.25) is 0 Å². The standard InChI is InChI=1S/C16H27N3O2S/c1-12-11-22-14(18-12)9-17-8-13-6-5-7-19(10-13)15(20)21-16(2,3)4/h11,13,17H,5-10H2,1-4H3. The van der Waals surface area contributed by atoms with E-state index in [0.717, 1.165) is 49.7 Å². The lowest BCUT2D eigenvalue weighted by molar-refractivity contribution is 0.0166. The highest BCUT2D eigenvalue weighted by Gasteiger charge is 2.27. The second kappa shape index (κ2) is 7.42. The molecule has 5 nitrogen and oxygen atoms in total. The van der Waals surface area contributed by atoms with Gasteiger partial charge in [-0.05, 0) is 46.5 Å². The molecule has 6 heteroatoms. The minimum Gasteiger partial charge on any atom is -0.444 e. The van der Waals surface area contributed by atoms with Gasteiger partial charge in [0.1, 0.15) is 10.6 Å². The van der Waals surface area contributed by atoms with Crippen molar-refractivity contribution in [3.05, 3.63) is 16.1 Å². The van der Waals surface area contributed by atoms with E-state index in [2.05, 4.69) is 15.7 Å². The average molecular weight is 325 g/mol. The SMILES string of the molecule is Cc1csc(CNCC2CCCN(C(=O)OC(C)(C)C)C2)n1. The number of nitrogens with one attached hydrogen (secondary N) is 1. The number of likely N-dealkylation sites (tertiary alicyclic amines) is 1. The van der Waals surface area contributed by atoms with Crippen LogP contribution in [-0.4, -0.2) is 41.2 Å². The largest absolute Gasteiger partial charge is 0.444 e. The van der Waals surface area contributed by atoms with Crippen LogP contribution in [-0.2, 0) is 11.3 Å². The molecule has 124 valence electrons. The zero-order chi connectivity index (χ0) is 16.2. The van der Waals surface area contributed by atoms with Crippen LogP contribution in [0.2, 0.25) is 0 Å². The topological polar surface area (TPSA) is 54.5 Å². The normalized spacial score (nSPS) is 19.3. The van der Waals surface area contributed by atoms with Gasteiger partial charge in [-0.2, -0.15) is 0 Å². The number of carbonyl (C=O) groups excluding carboxylic acids is 1. The maximum Gasteiger partial charge on any atom is 0.410 e. The Morgan fingerprint density at radius 1 is 1.55 bits per heavy atom. The Hall–Kier alpha value is -1.14. The van der Waals surface area contributed by atoms with Gasteiger partial charge < -0.3 is 15.0 Å². The summed E-state index contributed by atoms with van der Waals surface area (Å²) in [5.74, 6) is 0.488. The molecular weight excluding hydrogens is 298 g/mol. The third-order valence-electron chi connectivity index (χ3n) is 3.55. The van der Waals surface area contributed by atoms with Crippen LogP contribution in [0.25, 0.3) is 0 Å². The van der Waals surface area contributed by atoms with Crippen LogP contribution in [0.15, 0.2) is 5.38 Å². The van der Waals surface area contributed by atoms with E-state index in [1.807, 2.05) is 32.6 Å². The molecule has 0 aromatic carbocycles. The summed E-state index contributed by atoms with van der Waals surface area (Å²) >= 11 is 1.69.